The van der Waals surface area contributed by atoms with Crippen LogP contribution < -0.4 is 0 Å². The van der Waals surface area contributed by atoms with Crippen molar-refractivity contribution in [2.75, 3.05) is 0 Å². The zero-order valence-corrected chi connectivity index (χ0v) is 21.1. The minimum Gasteiger partial charge on any atom is -0.366 e. The summed E-state index contributed by atoms with van der Waals surface area (Å²) < 4.78 is 26.9. The highest BCUT2D eigenvalue weighted by Gasteiger charge is 2.22. The molecule has 0 aliphatic carbocycles. The van der Waals surface area contributed by atoms with Crippen LogP contribution in [0.15, 0.2) is 103 Å². The first-order valence-corrected chi connectivity index (χ1v) is 12.8. The second-order valence-corrected chi connectivity index (χ2v) is 10.1. The summed E-state index contributed by atoms with van der Waals surface area (Å²) in [5, 5.41) is 18.0. The van der Waals surface area contributed by atoms with Gasteiger partial charge in [-0.2, -0.15) is 10.5 Å². The van der Waals surface area contributed by atoms with Gasteiger partial charge in [-0.15, -0.1) is 0 Å². The lowest BCUT2D eigenvalue weighted by Gasteiger charge is -2.11. The Balaban J connectivity index is 0.000000195. The number of hydrogen-bond donors (Lipinski definition) is 1. The van der Waals surface area contributed by atoms with Gasteiger partial charge in [-0.1, -0.05) is 54.1 Å². The van der Waals surface area contributed by atoms with E-state index >= 15 is 0 Å². The molecule has 2 aromatic carbocycles. The Hall–Kier alpha value is -4.92. The molecule has 3 aromatic heterocycles. The van der Waals surface area contributed by atoms with Crippen LogP contribution in [0.3, 0.4) is 0 Å². The summed E-state index contributed by atoms with van der Waals surface area (Å²) in [5.41, 5.74) is 6.40. The van der Waals surface area contributed by atoms with E-state index in [4.69, 9.17) is 10.5 Å². The van der Waals surface area contributed by atoms with Crippen molar-refractivity contribution in [3.8, 4) is 34.5 Å². The van der Waals surface area contributed by atoms with E-state index < -0.39 is 10.0 Å². The van der Waals surface area contributed by atoms with Crippen molar-refractivity contribution in [3.63, 3.8) is 0 Å². The molecule has 0 saturated heterocycles. The Morgan fingerprint density at radius 3 is 2.30 bits per heavy atom. The van der Waals surface area contributed by atoms with Crippen LogP contribution in [-0.4, -0.2) is 22.4 Å². The van der Waals surface area contributed by atoms with E-state index in [0.29, 0.717) is 11.3 Å². The van der Waals surface area contributed by atoms with Gasteiger partial charge in [0.15, 0.2) is 0 Å². The summed E-state index contributed by atoms with van der Waals surface area (Å²) in [7, 11) is -3.82. The molecule has 0 spiro atoms. The molecular weight excluding hydrogens is 482 g/mol. The molecule has 0 unspecified atom stereocenters. The van der Waals surface area contributed by atoms with Crippen LogP contribution in [0.25, 0.3) is 22.4 Å². The zero-order chi connectivity index (χ0) is 26.4. The van der Waals surface area contributed by atoms with Gasteiger partial charge in [-0.25, -0.2) is 12.4 Å². The van der Waals surface area contributed by atoms with Crippen LogP contribution in [0.5, 0.6) is 0 Å². The average molecular weight is 506 g/mol. The number of nitriles is 2. The largest absolute Gasteiger partial charge is 0.366 e. The number of rotatable bonds is 4. The molecule has 3 heterocycles. The fourth-order valence-corrected chi connectivity index (χ4v) is 5.14. The molecule has 37 heavy (non-hydrogen) atoms. The molecule has 0 amide bonds. The Morgan fingerprint density at radius 2 is 1.65 bits per heavy atom. The third-order valence-electron chi connectivity index (χ3n) is 5.76. The predicted molar refractivity (Wildman–Crippen MR) is 142 cm³/mol. The van der Waals surface area contributed by atoms with Gasteiger partial charge in [-0.05, 0) is 43.2 Å². The summed E-state index contributed by atoms with van der Waals surface area (Å²) in [6.07, 6.45) is 7.71. The standard InChI is InChI=1S/C17H13N3O2S.C12H10N2/c1-13-5-2-3-7-16(13)17-9-14(10-18)12-20(17)23(21,22)15-6-4-8-19-11-15;1-9-2-4-10(5-3-9)12-8-14-7-11(12)6-13/h2-9,11-12H,1H3;2-5,7-8,14H,1H3. The van der Waals surface area contributed by atoms with E-state index in [2.05, 4.69) is 16.0 Å². The summed E-state index contributed by atoms with van der Waals surface area (Å²) in [6.45, 7) is 3.95. The van der Waals surface area contributed by atoms with Gasteiger partial charge in [0.1, 0.15) is 17.0 Å². The minimum absolute atomic E-state index is 0.0786. The lowest BCUT2D eigenvalue weighted by molar-refractivity contribution is 0.587. The van der Waals surface area contributed by atoms with Gasteiger partial charge in [0.05, 0.1) is 16.8 Å². The molecule has 1 N–H and O–H groups in total. The predicted octanol–water partition coefficient (Wildman–Crippen LogP) is 5.83. The van der Waals surface area contributed by atoms with Crippen LogP contribution in [0.1, 0.15) is 22.3 Å². The maximum Gasteiger partial charge on any atom is 0.269 e. The number of H-pyrrole nitrogens is 1. The van der Waals surface area contributed by atoms with Crippen LogP contribution in [0.2, 0.25) is 0 Å². The lowest BCUT2D eigenvalue weighted by atomic mass is 10.0. The van der Waals surface area contributed by atoms with E-state index in [-0.39, 0.29) is 10.5 Å². The van der Waals surface area contributed by atoms with Crippen LogP contribution in [0.4, 0.5) is 0 Å². The van der Waals surface area contributed by atoms with Crippen molar-refractivity contribution in [1.29, 1.82) is 10.5 Å². The van der Waals surface area contributed by atoms with Gasteiger partial charge in [-0.3, -0.25) is 4.98 Å². The molecule has 0 aliphatic heterocycles. The first kappa shape index (κ1) is 25.2. The number of nitrogens with one attached hydrogen (secondary N) is 1. The summed E-state index contributed by atoms with van der Waals surface area (Å²) in [5.74, 6) is 0. The van der Waals surface area contributed by atoms with Crippen molar-refractivity contribution < 1.29 is 8.42 Å². The minimum atomic E-state index is -3.82. The molecule has 0 atom stereocenters. The molecule has 5 aromatic rings. The molecule has 8 heteroatoms. The molecule has 0 bridgehead atoms. The van der Waals surface area contributed by atoms with E-state index in [1.165, 1.54) is 30.2 Å². The number of aromatic amines is 1. The Morgan fingerprint density at radius 1 is 0.892 bits per heavy atom. The second kappa shape index (κ2) is 10.8. The fraction of sp³-hybridized carbons (Fsp3) is 0.0690. The summed E-state index contributed by atoms with van der Waals surface area (Å²) >= 11 is 0. The maximum atomic E-state index is 12.9. The fourth-order valence-electron chi connectivity index (χ4n) is 3.80. The van der Waals surface area contributed by atoms with Crippen LogP contribution in [0, 0.1) is 36.5 Å². The number of pyridine rings is 1. The number of aromatic nitrogens is 3. The Bertz CT molecular complexity index is 1720. The highest BCUT2D eigenvalue weighted by Crippen LogP contribution is 2.29. The van der Waals surface area contributed by atoms with E-state index in [0.717, 1.165) is 26.2 Å². The smallest absolute Gasteiger partial charge is 0.269 e. The molecule has 0 aliphatic rings. The molecule has 182 valence electrons. The van der Waals surface area contributed by atoms with Crippen molar-refractivity contribution in [2.24, 2.45) is 0 Å². The molecule has 0 fully saturated rings. The number of aryl methyl sites for hydroxylation is 2. The van der Waals surface area contributed by atoms with Gasteiger partial charge in [0, 0.05) is 42.1 Å². The number of nitrogens with zero attached hydrogens (tertiary/aromatic N) is 4. The molecule has 0 saturated carbocycles. The second-order valence-electron chi connectivity index (χ2n) is 8.29. The molecule has 7 nitrogen and oxygen atoms in total. The Labute approximate surface area is 216 Å². The number of benzene rings is 2. The van der Waals surface area contributed by atoms with Gasteiger partial charge >= 0.3 is 0 Å². The maximum absolute atomic E-state index is 12.9. The van der Waals surface area contributed by atoms with E-state index in [1.807, 2.05) is 74.6 Å². The first-order chi connectivity index (χ1) is 17.8. The van der Waals surface area contributed by atoms with E-state index in [1.54, 1.807) is 18.3 Å². The normalized spacial score (nSPS) is 10.6. The Kier molecular flexibility index (Phi) is 7.34. The number of hydrogen-bond acceptors (Lipinski definition) is 5. The summed E-state index contributed by atoms with van der Waals surface area (Å²) in [4.78, 5) is 6.88. The van der Waals surface area contributed by atoms with E-state index in [9.17, 15) is 8.42 Å². The van der Waals surface area contributed by atoms with Crippen molar-refractivity contribution in [2.45, 2.75) is 18.7 Å². The third-order valence-corrected chi connectivity index (χ3v) is 7.41. The molecule has 5 rings (SSSR count). The van der Waals surface area contributed by atoms with Gasteiger partial charge < -0.3 is 4.98 Å². The SMILES string of the molecule is Cc1ccc(-c2c[nH]cc2C#N)cc1.Cc1ccccc1-c1cc(C#N)cn1S(=O)(=O)c1cccnc1. The van der Waals surface area contributed by atoms with Crippen LogP contribution in [-0.2, 0) is 10.0 Å². The van der Waals surface area contributed by atoms with Crippen molar-refractivity contribution >= 4 is 10.0 Å². The molecular formula is C29H23N5O2S. The molecule has 0 radical (unpaired) electrons. The van der Waals surface area contributed by atoms with Gasteiger partial charge in [0.2, 0.25) is 0 Å². The van der Waals surface area contributed by atoms with Crippen molar-refractivity contribution in [3.05, 3.63) is 120 Å². The highest BCUT2D eigenvalue weighted by molar-refractivity contribution is 7.90. The monoisotopic (exact) mass is 505 g/mol. The van der Waals surface area contributed by atoms with Crippen LogP contribution >= 0.6 is 0 Å². The zero-order valence-electron chi connectivity index (χ0n) is 20.3. The lowest BCUT2D eigenvalue weighted by Crippen LogP contribution is -2.13. The topological polar surface area (TPSA) is 115 Å². The van der Waals surface area contributed by atoms with Crippen molar-refractivity contribution in [1.82, 2.24) is 13.9 Å². The van der Waals surface area contributed by atoms with Gasteiger partial charge in [0.25, 0.3) is 10.0 Å². The first-order valence-electron chi connectivity index (χ1n) is 11.3. The highest BCUT2D eigenvalue weighted by atomic mass is 32.2. The quantitative estimate of drug-likeness (QED) is 0.330. The third kappa shape index (κ3) is 5.35. The average Bonchev–Trinajstić information content (AvgIpc) is 3.58. The summed E-state index contributed by atoms with van der Waals surface area (Å²) in [6, 6.07) is 24.4.